The molecule has 3 heterocycles. The van der Waals surface area contributed by atoms with Crippen molar-refractivity contribution in [2.75, 3.05) is 31.6 Å². The Labute approximate surface area is 141 Å². The highest BCUT2D eigenvalue weighted by Crippen LogP contribution is 2.31. The summed E-state index contributed by atoms with van der Waals surface area (Å²) in [6.07, 6.45) is 0.801. The van der Waals surface area contributed by atoms with Crippen molar-refractivity contribution in [1.29, 1.82) is 0 Å². The third-order valence-electron chi connectivity index (χ3n) is 4.83. The van der Waals surface area contributed by atoms with Crippen LogP contribution in [0.4, 0.5) is 10.5 Å². The van der Waals surface area contributed by atoms with E-state index in [0.29, 0.717) is 39.1 Å². The van der Waals surface area contributed by atoms with Crippen LogP contribution in [0.3, 0.4) is 0 Å². The molecule has 2 aliphatic heterocycles. The smallest absolute Gasteiger partial charge is 0.430 e. The second-order valence-corrected chi connectivity index (χ2v) is 6.51. The summed E-state index contributed by atoms with van der Waals surface area (Å²) in [5.74, 6) is -0.0486. The molecule has 3 rings (SSSR count). The fourth-order valence-electron chi connectivity index (χ4n) is 3.36. The average molecular weight is 336 g/mol. The quantitative estimate of drug-likeness (QED) is 0.838. The lowest BCUT2D eigenvalue weighted by Crippen LogP contribution is -2.48. The molecule has 1 aromatic heterocycles. The molecule has 2 aliphatic rings. The van der Waals surface area contributed by atoms with Gasteiger partial charge in [-0.3, -0.25) is 14.4 Å². The number of cyclic esters (lactones) is 1. The zero-order valence-electron chi connectivity index (χ0n) is 14.4. The molecule has 8 nitrogen and oxygen atoms in total. The van der Waals surface area contributed by atoms with Gasteiger partial charge < -0.3 is 14.8 Å². The van der Waals surface area contributed by atoms with Gasteiger partial charge in [-0.05, 0) is 20.8 Å². The van der Waals surface area contributed by atoms with Crippen LogP contribution >= 0.6 is 0 Å². The third kappa shape index (κ3) is 3.24. The highest BCUT2D eigenvalue weighted by Gasteiger charge is 2.44. The molecular weight excluding hydrogens is 312 g/mol. The first-order chi connectivity index (χ1) is 11.4. The molecule has 1 aromatic rings. The lowest BCUT2D eigenvalue weighted by atomic mass is 9.92. The van der Waals surface area contributed by atoms with Crippen LogP contribution in [0.25, 0.3) is 0 Å². The number of aryl methyl sites for hydroxylation is 2. The van der Waals surface area contributed by atoms with E-state index in [2.05, 4.69) is 15.3 Å². The Morgan fingerprint density at radius 1 is 1.33 bits per heavy atom. The third-order valence-corrected chi connectivity index (χ3v) is 4.83. The molecule has 0 atom stereocenters. The minimum Gasteiger partial charge on any atom is -0.430 e. The fourth-order valence-corrected chi connectivity index (χ4v) is 3.36. The van der Waals surface area contributed by atoms with E-state index in [1.165, 1.54) is 0 Å². The number of ether oxygens (including phenoxy) is 2. The Morgan fingerprint density at radius 3 is 2.58 bits per heavy atom. The summed E-state index contributed by atoms with van der Waals surface area (Å²) in [6, 6.07) is 0. The Hall–Kier alpha value is -2.09. The number of likely N-dealkylation sites (tertiary alicyclic amines) is 1. The highest BCUT2D eigenvalue weighted by molar-refractivity contribution is 5.93. The van der Waals surface area contributed by atoms with Gasteiger partial charge in [0.05, 0.1) is 23.6 Å². The number of carbonyl (C=O) groups is 2. The average Bonchev–Trinajstić information content (AvgIpc) is 3.04. The lowest BCUT2D eigenvalue weighted by Gasteiger charge is -2.35. The van der Waals surface area contributed by atoms with Gasteiger partial charge in [-0.2, -0.15) is 5.10 Å². The number of amides is 1. The number of nitrogens with one attached hydrogen (secondary N) is 1. The van der Waals surface area contributed by atoms with Gasteiger partial charge in [-0.25, -0.2) is 4.79 Å². The van der Waals surface area contributed by atoms with Crippen LogP contribution in [0.1, 0.15) is 31.2 Å². The molecule has 0 radical (unpaired) electrons. The van der Waals surface area contributed by atoms with Crippen LogP contribution in [0.2, 0.25) is 0 Å². The summed E-state index contributed by atoms with van der Waals surface area (Å²) in [7, 11) is 0. The summed E-state index contributed by atoms with van der Waals surface area (Å²) in [5, 5.41) is 7.38. The van der Waals surface area contributed by atoms with Crippen LogP contribution in [-0.2, 0) is 20.8 Å². The highest BCUT2D eigenvalue weighted by atomic mass is 16.8. The number of carbonyl (C=O) groups excluding carboxylic acids is 2. The topological polar surface area (TPSA) is 85.7 Å². The molecule has 1 spiro atoms. The Bertz CT molecular complexity index is 647. The van der Waals surface area contributed by atoms with Gasteiger partial charge in [0.25, 0.3) is 0 Å². The first-order valence-electron chi connectivity index (χ1n) is 8.34. The minimum absolute atomic E-state index is 0.0486. The van der Waals surface area contributed by atoms with Crippen molar-refractivity contribution in [2.45, 2.75) is 45.8 Å². The van der Waals surface area contributed by atoms with Crippen LogP contribution in [0.5, 0.6) is 0 Å². The van der Waals surface area contributed by atoms with Crippen molar-refractivity contribution in [3.63, 3.8) is 0 Å². The van der Waals surface area contributed by atoms with E-state index in [1.807, 2.05) is 25.5 Å². The van der Waals surface area contributed by atoms with Crippen molar-refractivity contribution >= 4 is 17.7 Å². The normalized spacial score (nSPS) is 20.0. The summed E-state index contributed by atoms with van der Waals surface area (Å²) in [4.78, 5) is 25.6. The molecule has 0 aliphatic carbocycles. The Morgan fingerprint density at radius 2 is 2.04 bits per heavy atom. The van der Waals surface area contributed by atoms with Gasteiger partial charge in [0, 0.05) is 32.5 Å². The minimum atomic E-state index is -0.583. The number of nitrogens with zero attached hydrogens (tertiary/aromatic N) is 3. The summed E-state index contributed by atoms with van der Waals surface area (Å²) in [5.41, 5.74) is 2.11. The van der Waals surface area contributed by atoms with Gasteiger partial charge in [0.2, 0.25) is 5.91 Å². The molecule has 0 bridgehead atoms. The van der Waals surface area contributed by atoms with Crippen LogP contribution < -0.4 is 5.32 Å². The van der Waals surface area contributed by atoms with E-state index in [0.717, 1.165) is 23.6 Å². The molecule has 132 valence electrons. The van der Waals surface area contributed by atoms with Crippen LogP contribution in [0, 0.1) is 13.8 Å². The predicted molar refractivity (Wildman–Crippen MR) is 86.8 cm³/mol. The van der Waals surface area contributed by atoms with E-state index < -0.39 is 11.8 Å². The maximum absolute atomic E-state index is 12.3. The first-order valence-corrected chi connectivity index (χ1v) is 8.34. The Balaban J connectivity index is 1.53. The molecule has 8 heteroatoms. The van der Waals surface area contributed by atoms with Crippen molar-refractivity contribution in [2.24, 2.45) is 0 Å². The second kappa shape index (κ2) is 6.43. The summed E-state index contributed by atoms with van der Waals surface area (Å²) < 4.78 is 12.1. The standard InChI is InChI=1S/C16H24N4O4/c1-4-20-12(3)14(11(2)18-20)17-13(21)9-19-7-5-16(6-8-19)10-23-15(22)24-16/h4-10H2,1-3H3,(H,17,21). The number of anilines is 1. The molecule has 1 amide bonds. The molecule has 0 unspecified atom stereocenters. The van der Waals surface area contributed by atoms with Crippen molar-refractivity contribution in [3.05, 3.63) is 11.4 Å². The van der Waals surface area contributed by atoms with E-state index in [9.17, 15) is 9.59 Å². The van der Waals surface area contributed by atoms with E-state index in [4.69, 9.17) is 9.47 Å². The number of hydrogen-bond donors (Lipinski definition) is 1. The first kappa shape index (κ1) is 16.8. The van der Waals surface area contributed by atoms with Crippen molar-refractivity contribution in [1.82, 2.24) is 14.7 Å². The SMILES string of the molecule is CCn1nc(C)c(NC(=O)CN2CCC3(CC2)COC(=O)O3)c1C. The number of piperidine rings is 1. The summed E-state index contributed by atoms with van der Waals surface area (Å²) >= 11 is 0. The van der Waals surface area contributed by atoms with Gasteiger partial charge in [0.15, 0.2) is 5.60 Å². The van der Waals surface area contributed by atoms with Crippen LogP contribution in [0.15, 0.2) is 0 Å². The van der Waals surface area contributed by atoms with Gasteiger partial charge >= 0.3 is 6.16 Å². The molecule has 24 heavy (non-hydrogen) atoms. The lowest BCUT2D eigenvalue weighted by molar-refractivity contribution is -0.118. The zero-order valence-corrected chi connectivity index (χ0v) is 14.4. The maximum Gasteiger partial charge on any atom is 0.509 e. The van der Waals surface area contributed by atoms with E-state index in [1.54, 1.807) is 0 Å². The number of hydrogen-bond acceptors (Lipinski definition) is 6. The van der Waals surface area contributed by atoms with Gasteiger partial charge in [-0.1, -0.05) is 0 Å². The molecule has 0 saturated carbocycles. The molecule has 2 saturated heterocycles. The van der Waals surface area contributed by atoms with Crippen molar-refractivity contribution in [3.8, 4) is 0 Å². The van der Waals surface area contributed by atoms with Gasteiger partial charge in [0.1, 0.15) is 6.61 Å². The molecule has 2 fully saturated rings. The Kier molecular flexibility index (Phi) is 4.49. The van der Waals surface area contributed by atoms with Gasteiger partial charge in [-0.15, -0.1) is 0 Å². The monoisotopic (exact) mass is 336 g/mol. The predicted octanol–water partition coefficient (Wildman–Crippen LogP) is 1.46. The largest absolute Gasteiger partial charge is 0.509 e. The summed E-state index contributed by atoms with van der Waals surface area (Å²) in [6.45, 7) is 8.70. The molecular formula is C16H24N4O4. The van der Waals surface area contributed by atoms with E-state index >= 15 is 0 Å². The van der Waals surface area contributed by atoms with Crippen LogP contribution in [-0.4, -0.2) is 58.6 Å². The van der Waals surface area contributed by atoms with E-state index in [-0.39, 0.29) is 5.91 Å². The maximum atomic E-state index is 12.3. The number of rotatable bonds is 4. The fraction of sp³-hybridized carbons (Fsp3) is 0.688. The molecule has 0 aromatic carbocycles. The van der Waals surface area contributed by atoms with Crippen molar-refractivity contribution < 1.29 is 19.1 Å². The second-order valence-electron chi connectivity index (χ2n) is 6.51. The zero-order chi connectivity index (χ0) is 17.3. The molecule has 1 N–H and O–H groups in total. The number of aromatic nitrogens is 2.